The van der Waals surface area contributed by atoms with Gasteiger partial charge in [0.2, 0.25) is 0 Å². The van der Waals surface area contributed by atoms with Crippen molar-refractivity contribution in [1.82, 2.24) is 20.8 Å². The quantitative estimate of drug-likeness (QED) is 0.622. The zero-order valence-corrected chi connectivity index (χ0v) is 10.0. The first kappa shape index (κ1) is 12.1. The van der Waals surface area contributed by atoms with Crippen molar-refractivity contribution in [2.24, 2.45) is 0 Å². The zero-order chi connectivity index (χ0) is 12.1. The van der Waals surface area contributed by atoms with Gasteiger partial charge in [0.15, 0.2) is 5.69 Å². The van der Waals surface area contributed by atoms with Crippen molar-refractivity contribution in [3.05, 3.63) is 17.0 Å². The number of aromatic nitrogens is 2. The Hall–Kier alpha value is -1.40. The summed E-state index contributed by atoms with van der Waals surface area (Å²) >= 11 is 0. The standard InChI is InChI=1S/C11H18N4O2/c1-17-6-2-4-13-11(16)10-8-7-12-5-3-9(8)14-15-10/h12H,2-7H2,1H3,(H,13,16)(H,14,15). The minimum Gasteiger partial charge on any atom is -0.385 e. The number of aromatic amines is 1. The molecule has 2 heterocycles. The lowest BCUT2D eigenvalue weighted by molar-refractivity contribution is 0.0942. The zero-order valence-electron chi connectivity index (χ0n) is 10.0. The monoisotopic (exact) mass is 238 g/mol. The van der Waals surface area contributed by atoms with Crippen LogP contribution in [0.25, 0.3) is 0 Å². The minimum absolute atomic E-state index is 0.109. The van der Waals surface area contributed by atoms with Crippen molar-refractivity contribution in [2.75, 3.05) is 26.8 Å². The number of fused-ring (bicyclic) bond motifs is 1. The highest BCUT2D eigenvalue weighted by Gasteiger charge is 2.20. The van der Waals surface area contributed by atoms with Gasteiger partial charge in [-0.2, -0.15) is 5.10 Å². The Morgan fingerprint density at radius 2 is 2.47 bits per heavy atom. The van der Waals surface area contributed by atoms with Crippen molar-refractivity contribution in [1.29, 1.82) is 0 Å². The predicted octanol–water partition coefficient (Wildman–Crippen LogP) is -0.178. The van der Waals surface area contributed by atoms with Crippen LogP contribution < -0.4 is 10.6 Å². The van der Waals surface area contributed by atoms with Crippen LogP contribution in [-0.2, 0) is 17.7 Å². The van der Waals surface area contributed by atoms with Crippen LogP contribution in [-0.4, -0.2) is 42.9 Å². The molecule has 6 nitrogen and oxygen atoms in total. The van der Waals surface area contributed by atoms with Gasteiger partial charge in [-0.1, -0.05) is 0 Å². The molecule has 1 aliphatic rings. The molecule has 0 saturated carbocycles. The van der Waals surface area contributed by atoms with E-state index < -0.39 is 0 Å². The van der Waals surface area contributed by atoms with Gasteiger partial charge in [-0.25, -0.2) is 0 Å². The van der Waals surface area contributed by atoms with Crippen molar-refractivity contribution >= 4 is 5.91 Å². The van der Waals surface area contributed by atoms with E-state index in [0.717, 1.165) is 30.6 Å². The lowest BCUT2D eigenvalue weighted by Gasteiger charge is -2.12. The molecule has 1 aromatic rings. The molecule has 0 bridgehead atoms. The summed E-state index contributed by atoms with van der Waals surface area (Å²) in [5.41, 5.74) is 2.59. The number of nitrogens with one attached hydrogen (secondary N) is 3. The van der Waals surface area contributed by atoms with Gasteiger partial charge in [-0.05, 0) is 6.42 Å². The summed E-state index contributed by atoms with van der Waals surface area (Å²) < 4.78 is 4.92. The summed E-state index contributed by atoms with van der Waals surface area (Å²) in [5.74, 6) is -0.109. The summed E-state index contributed by atoms with van der Waals surface area (Å²) in [7, 11) is 1.65. The smallest absolute Gasteiger partial charge is 0.272 e. The average Bonchev–Trinajstić information content (AvgIpc) is 2.78. The molecule has 0 radical (unpaired) electrons. The van der Waals surface area contributed by atoms with Crippen LogP contribution in [0.15, 0.2) is 0 Å². The van der Waals surface area contributed by atoms with Crippen LogP contribution in [0.3, 0.4) is 0 Å². The van der Waals surface area contributed by atoms with E-state index in [1.807, 2.05) is 0 Å². The number of H-pyrrole nitrogens is 1. The van der Waals surface area contributed by atoms with Gasteiger partial charge in [0.25, 0.3) is 5.91 Å². The van der Waals surface area contributed by atoms with Crippen molar-refractivity contribution in [3.8, 4) is 0 Å². The van der Waals surface area contributed by atoms with Crippen LogP contribution in [0.4, 0.5) is 0 Å². The molecule has 94 valence electrons. The van der Waals surface area contributed by atoms with Crippen LogP contribution in [0.1, 0.15) is 28.2 Å². The molecule has 0 aliphatic carbocycles. The number of nitrogens with zero attached hydrogens (tertiary/aromatic N) is 1. The van der Waals surface area contributed by atoms with E-state index >= 15 is 0 Å². The van der Waals surface area contributed by atoms with Gasteiger partial charge in [0.1, 0.15) is 0 Å². The Morgan fingerprint density at radius 1 is 1.59 bits per heavy atom. The maximum atomic E-state index is 11.9. The Bertz CT molecular complexity index is 389. The molecule has 0 fully saturated rings. The molecule has 1 aromatic heterocycles. The number of rotatable bonds is 5. The van der Waals surface area contributed by atoms with Gasteiger partial charge in [0.05, 0.1) is 0 Å². The second-order valence-electron chi connectivity index (χ2n) is 4.06. The SMILES string of the molecule is COCCCNC(=O)c1n[nH]c2c1CNCC2. The summed E-state index contributed by atoms with van der Waals surface area (Å²) in [6.45, 7) is 2.92. The predicted molar refractivity (Wildman–Crippen MR) is 62.8 cm³/mol. The number of carbonyl (C=O) groups excluding carboxylic acids is 1. The minimum atomic E-state index is -0.109. The van der Waals surface area contributed by atoms with E-state index in [2.05, 4.69) is 20.8 Å². The average molecular weight is 238 g/mol. The molecule has 17 heavy (non-hydrogen) atoms. The van der Waals surface area contributed by atoms with E-state index in [1.54, 1.807) is 7.11 Å². The maximum Gasteiger partial charge on any atom is 0.272 e. The van der Waals surface area contributed by atoms with Gasteiger partial charge in [-0.15, -0.1) is 0 Å². The van der Waals surface area contributed by atoms with Crippen molar-refractivity contribution in [3.63, 3.8) is 0 Å². The van der Waals surface area contributed by atoms with Crippen LogP contribution >= 0.6 is 0 Å². The maximum absolute atomic E-state index is 11.9. The number of methoxy groups -OCH3 is 1. The molecule has 1 amide bonds. The van der Waals surface area contributed by atoms with E-state index in [1.165, 1.54) is 0 Å². The molecule has 0 aromatic carbocycles. The fraction of sp³-hybridized carbons (Fsp3) is 0.636. The first-order chi connectivity index (χ1) is 8.33. The Labute approximate surface area is 100 Å². The molecule has 0 unspecified atom stereocenters. The second kappa shape index (κ2) is 5.79. The van der Waals surface area contributed by atoms with E-state index in [0.29, 0.717) is 25.4 Å². The number of hydrogen-bond donors (Lipinski definition) is 3. The number of ether oxygens (including phenoxy) is 1. The van der Waals surface area contributed by atoms with Crippen LogP contribution in [0.2, 0.25) is 0 Å². The fourth-order valence-corrected chi connectivity index (χ4v) is 1.92. The lowest BCUT2D eigenvalue weighted by Crippen LogP contribution is -2.29. The Balaban J connectivity index is 1.92. The number of carbonyl (C=O) groups is 1. The van der Waals surface area contributed by atoms with Gasteiger partial charge < -0.3 is 15.4 Å². The Morgan fingerprint density at radius 3 is 3.29 bits per heavy atom. The number of hydrogen-bond acceptors (Lipinski definition) is 4. The molecular formula is C11H18N4O2. The second-order valence-corrected chi connectivity index (χ2v) is 4.06. The van der Waals surface area contributed by atoms with Gasteiger partial charge in [-0.3, -0.25) is 9.89 Å². The highest BCUT2D eigenvalue weighted by molar-refractivity contribution is 5.94. The number of amides is 1. The molecule has 0 saturated heterocycles. The van der Waals surface area contributed by atoms with Crippen LogP contribution in [0.5, 0.6) is 0 Å². The molecule has 1 aliphatic heterocycles. The molecule has 3 N–H and O–H groups in total. The normalized spacial score (nSPS) is 14.4. The lowest BCUT2D eigenvalue weighted by atomic mass is 10.1. The highest BCUT2D eigenvalue weighted by atomic mass is 16.5. The largest absolute Gasteiger partial charge is 0.385 e. The topological polar surface area (TPSA) is 79.0 Å². The summed E-state index contributed by atoms with van der Waals surface area (Å²) in [6.07, 6.45) is 1.71. The third-order valence-corrected chi connectivity index (χ3v) is 2.83. The van der Waals surface area contributed by atoms with E-state index in [9.17, 15) is 4.79 Å². The molecule has 6 heteroatoms. The van der Waals surface area contributed by atoms with E-state index in [4.69, 9.17) is 4.74 Å². The van der Waals surface area contributed by atoms with Crippen molar-refractivity contribution in [2.45, 2.75) is 19.4 Å². The third kappa shape index (κ3) is 2.83. The first-order valence-electron chi connectivity index (χ1n) is 5.87. The summed E-state index contributed by atoms with van der Waals surface area (Å²) in [4.78, 5) is 11.9. The molecule has 0 spiro atoms. The Kier molecular flexibility index (Phi) is 4.11. The van der Waals surface area contributed by atoms with Crippen molar-refractivity contribution < 1.29 is 9.53 Å². The fourth-order valence-electron chi connectivity index (χ4n) is 1.92. The van der Waals surface area contributed by atoms with Gasteiger partial charge >= 0.3 is 0 Å². The molecule has 2 rings (SSSR count). The van der Waals surface area contributed by atoms with Gasteiger partial charge in [0, 0.05) is 51.0 Å². The highest BCUT2D eigenvalue weighted by Crippen LogP contribution is 2.14. The summed E-state index contributed by atoms with van der Waals surface area (Å²) in [6, 6.07) is 0. The molecule has 0 atom stereocenters. The van der Waals surface area contributed by atoms with Crippen LogP contribution in [0, 0.1) is 0 Å². The summed E-state index contributed by atoms with van der Waals surface area (Å²) in [5, 5.41) is 13.1. The molecular weight excluding hydrogens is 220 g/mol. The first-order valence-corrected chi connectivity index (χ1v) is 5.87. The third-order valence-electron chi connectivity index (χ3n) is 2.83. The van der Waals surface area contributed by atoms with E-state index in [-0.39, 0.29) is 5.91 Å².